The summed E-state index contributed by atoms with van der Waals surface area (Å²) in [5.74, 6) is -2.64. The SMILES string of the molecule is CC(C(=O)O)N(C)S(=O)(=O)c1cc2c(cc1F)NC(=O)CC2. The maximum atomic E-state index is 14.1. The third-order valence-corrected chi connectivity index (χ3v) is 5.56. The Hall–Kier alpha value is -2.00. The predicted molar refractivity (Wildman–Crippen MR) is 75.4 cm³/mol. The highest BCUT2D eigenvalue weighted by Crippen LogP contribution is 2.29. The number of benzene rings is 1. The van der Waals surface area contributed by atoms with Crippen LogP contribution < -0.4 is 5.32 Å². The number of nitrogens with zero attached hydrogens (tertiary/aromatic N) is 1. The number of carbonyl (C=O) groups excluding carboxylic acids is 1. The van der Waals surface area contributed by atoms with Crippen LogP contribution in [-0.4, -0.2) is 42.8 Å². The van der Waals surface area contributed by atoms with E-state index in [4.69, 9.17) is 5.11 Å². The largest absolute Gasteiger partial charge is 0.480 e. The van der Waals surface area contributed by atoms with Gasteiger partial charge >= 0.3 is 5.97 Å². The zero-order valence-electron chi connectivity index (χ0n) is 12.0. The van der Waals surface area contributed by atoms with Crippen molar-refractivity contribution in [2.45, 2.75) is 30.7 Å². The van der Waals surface area contributed by atoms with E-state index in [-0.39, 0.29) is 18.0 Å². The molecule has 0 aromatic heterocycles. The molecule has 2 N–H and O–H groups in total. The summed E-state index contributed by atoms with van der Waals surface area (Å²) >= 11 is 0. The molecule has 0 bridgehead atoms. The lowest BCUT2D eigenvalue weighted by molar-refractivity contribution is -0.140. The quantitative estimate of drug-likeness (QED) is 0.850. The van der Waals surface area contributed by atoms with Crippen LogP contribution in [0, 0.1) is 5.82 Å². The zero-order valence-corrected chi connectivity index (χ0v) is 12.8. The van der Waals surface area contributed by atoms with E-state index in [2.05, 4.69) is 5.32 Å². The summed E-state index contributed by atoms with van der Waals surface area (Å²) in [5, 5.41) is 11.4. The van der Waals surface area contributed by atoms with Gasteiger partial charge in [0.2, 0.25) is 15.9 Å². The molecule has 1 aliphatic heterocycles. The average Bonchev–Trinajstić information content (AvgIpc) is 2.44. The second-order valence-electron chi connectivity index (χ2n) is 5.02. The molecule has 22 heavy (non-hydrogen) atoms. The van der Waals surface area contributed by atoms with Gasteiger partial charge in [0.1, 0.15) is 16.8 Å². The lowest BCUT2D eigenvalue weighted by atomic mass is 10.0. The van der Waals surface area contributed by atoms with Crippen LogP contribution >= 0.6 is 0 Å². The number of halogens is 1. The van der Waals surface area contributed by atoms with Crippen LogP contribution in [0.2, 0.25) is 0 Å². The topological polar surface area (TPSA) is 104 Å². The zero-order chi connectivity index (χ0) is 16.7. The van der Waals surface area contributed by atoms with Crippen LogP contribution in [0.4, 0.5) is 10.1 Å². The molecule has 2 rings (SSSR count). The third kappa shape index (κ3) is 2.81. The minimum Gasteiger partial charge on any atom is -0.480 e. The van der Waals surface area contributed by atoms with Gasteiger partial charge in [-0.05, 0) is 31.0 Å². The number of fused-ring (bicyclic) bond motifs is 1. The summed E-state index contributed by atoms with van der Waals surface area (Å²) in [5.41, 5.74) is 0.734. The lowest BCUT2D eigenvalue weighted by Crippen LogP contribution is -2.40. The van der Waals surface area contributed by atoms with Crippen LogP contribution in [0.1, 0.15) is 18.9 Å². The fourth-order valence-corrected chi connectivity index (χ4v) is 3.51. The first-order chi connectivity index (χ1) is 10.1. The number of hydrogen-bond acceptors (Lipinski definition) is 4. The number of carbonyl (C=O) groups is 2. The van der Waals surface area contributed by atoms with E-state index in [1.165, 1.54) is 6.92 Å². The van der Waals surface area contributed by atoms with Crippen LogP contribution in [0.15, 0.2) is 17.0 Å². The number of carboxylic acids is 1. The molecule has 1 amide bonds. The number of sulfonamides is 1. The molecule has 0 spiro atoms. The Morgan fingerprint density at radius 2 is 2.05 bits per heavy atom. The minimum absolute atomic E-state index is 0.180. The maximum absolute atomic E-state index is 14.1. The molecule has 7 nitrogen and oxygen atoms in total. The van der Waals surface area contributed by atoms with Crippen molar-refractivity contribution in [1.82, 2.24) is 4.31 Å². The van der Waals surface area contributed by atoms with Crippen molar-refractivity contribution in [2.75, 3.05) is 12.4 Å². The van der Waals surface area contributed by atoms with Crippen LogP contribution in [-0.2, 0) is 26.0 Å². The number of likely N-dealkylation sites (N-methyl/N-ethyl adjacent to an activating group) is 1. The number of amides is 1. The number of rotatable bonds is 4. The fraction of sp³-hybridized carbons (Fsp3) is 0.385. The van der Waals surface area contributed by atoms with E-state index in [0.717, 1.165) is 19.2 Å². The van der Waals surface area contributed by atoms with Crippen molar-refractivity contribution < 1.29 is 27.5 Å². The van der Waals surface area contributed by atoms with Gasteiger partial charge in [0, 0.05) is 19.2 Å². The molecule has 120 valence electrons. The van der Waals surface area contributed by atoms with Crippen molar-refractivity contribution >= 4 is 27.6 Å². The number of aryl methyl sites for hydroxylation is 1. The van der Waals surface area contributed by atoms with Crippen LogP contribution in [0.3, 0.4) is 0 Å². The van der Waals surface area contributed by atoms with Gasteiger partial charge in [-0.2, -0.15) is 4.31 Å². The molecule has 1 atom stereocenters. The molecule has 1 aromatic rings. The molecule has 1 aliphatic rings. The van der Waals surface area contributed by atoms with Crippen molar-refractivity contribution in [3.05, 3.63) is 23.5 Å². The number of nitrogens with one attached hydrogen (secondary N) is 1. The fourth-order valence-electron chi connectivity index (χ4n) is 2.10. The monoisotopic (exact) mass is 330 g/mol. The molecular weight excluding hydrogens is 315 g/mol. The number of anilines is 1. The van der Waals surface area contributed by atoms with Gasteiger partial charge in [-0.15, -0.1) is 0 Å². The summed E-state index contributed by atoms with van der Waals surface area (Å²) < 4.78 is 39.5. The highest BCUT2D eigenvalue weighted by Gasteiger charge is 2.32. The Kier molecular flexibility index (Phi) is 4.21. The minimum atomic E-state index is -4.30. The van der Waals surface area contributed by atoms with E-state index in [0.29, 0.717) is 16.3 Å². The van der Waals surface area contributed by atoms with Crippen molar-refractivity contribution in [2.24, 2.45) is 0 Å². The van der Waals surface area contributed by atoms with Gasteiger partial charge in [0.15, 0.2) is 0 Å². The van der Waals surface area contributed by atoms with E-state index < -0.39 is 32.7 Å². The molecule has 9 heteroatoms. The first-order valence-electron chi connectivity index (χ1n) is 6.47. The Morgan fingerprint density at radius 3 is 2.64 bits per heavy atom. The second kappa shape index (κ2) is 5.65. The Bertz CT molecular complexity index is 747. The van der Waals surface area contributed by atoms with Crippen molar-refractivity contribution in [1.29, 1.82) is 0 Å². The van der Waals surface area contributed by atoms with Gasteiger partial charge in [-0.1, -0.05) is 0 Å². The molecule has 1 heterocycles. The molecular formula is C13H15FN2O5S. The number of carboxylic acid groups (broad SMARTS) is 1. The summed E-state index contributed by atoms with van der Waals surface area (Å²) in [6.45, 7) is 1.19. The Morgan fingerprint density at radius 1 is 1.41 bits per heavy atom. The van der Waals surface area contributed by atoms with Gasteiger partial charge in [-0.3, -0.25) is 9.59 Å². The summed E-state index contributed by atoms with van der Waals surface area (Å²) in [6, 6.07) is 0.753. The molecule has 0 radical (unpaired) electrons. The molecule has 1 aromatic carbocycles. The number of aliphatic carboxylic acids is 1. The third-order valence-electron chi connectivity index (χ3n) is 3.61. The van der Waals surface area contributed by atoms with E-state index >= 15 is 0 Å². The van der Waals surface area contributed by atoms with Crippen molar-refractivity contribution in [3.63, 3.8) is 0 Å². The summed E-state index contributed by atoms with van der Waals surface area (Å²) in [4.78, 5) is 21.6. The predicted octanol–water partition coefficient (Wildman–Crippen LogP) is 0.804. The molecule has 0 saturated heterocycles. The Balaban J connectivity index is 2.48. The molecule has 0 fully saturated rings. The highest BCUT2D eigenvalue weighted by molar-refractivity contribution is 7.89. The highest BCUT2D eigenvalue weighted by atomic mass is 32.2. The van der Waals surface area contributed by atoms with Gasteiger partial charge < -0.3 is 10.4 Å². The Labute approximate surface area is 126 Å². The normalized spacial score (nSPS) is 16.1. The van der Waals surface area contributed by atoms with Crippen LogP contribution in [0.5, 0.6) is 0 Å². The summed E-state index contributed by atoms with van der Waals surface area (Å²) in [7, 11) is -3.22. The van der Waals surface area contributed by atoms with E-state index in [1.807, 2.05) is 0 Å². The standard InChI is InChI=1S/C13H15FN2O5S/c1-7(13(18)19)16(2)22(20,21)11-5-8-3-4-12(17)15-10(8)6-9(11)14/h5-7H,3-4H2,1-2H3,(H,15,17)(H,18,19). The van der Waals surface area contributed by atoms with Gasteiger partial charge in [0.25, 0.3) is 0 Å². The first-order valence-corrected chi connectivity index (χ1v) is 7.91. The first kappa shape index (κ1) is 16.4. The average molecular weight is 330 g/mol. The van der Waals surface area contributed by atoms with Crippen molar-refractivity contribution in [3.8, 4) is 0 Å². The van der Waals surface area contributed by atoms with E-state index in [1.54, 1.807) is 0 Å². The lowest BCUT2D eigenvalue weighted by Gasteiger charge is -2.23. The smallest absolute Gasteiger partial charge is 0.321 e. The summed E-state index contributed by atoms with van der Waals surface area (Å²) in [6.07, 6.45) is 0.474. The van der Waals surface area contributed by atoms with E-state index in [9.17, 15) is 22.4 Å². The molecule has 1 unspecified atom stereocenters. The molecule has 0 aliphatic carbocycles. The molecule has 0 saturated carbocycles. The second-order valence-corrected chi connectivity index (χ2v) is 6.99. The maximum Gasteiger partial charge on any atom is 0.321 e. The van der Waals surface area contributed by atoms with Gasteiger partial charge in [0.05, 0.1) is 0 Å². The van der Waals surface area contributed by atoms with Crippen LogP contribution in [0.25, 0.3) is 0 Å². The van der Waals surface area contributed by atoms with Gasteiger partial charge in [-0.25, -0.2) is 12.8 Å². The number of hydrogen-bond donors (Lipinski definition) is 2.